The number of hydrogen-bond donors (Lipinski definition) is 3. The van der Waals surface area contributed by atoms with Gasteiger partial charge in [-0.3, -0.25) is 23.4 Å². The van der Waals surface area contributed by atoms with Gasteiger partial charge in [0.05, 0.1) is 19.8 Å². The Morgan fingerprint density at radius 3 is 1.71 bits per heavy atom. The summed E-state index contributed by atoms with van der Waals surface area (Å²) in [6.45, 7) is 2.01. The van der Waals surface area contributed by atoms with Crippen molar-refractivity contribution in [3.63, 3.8) is 0 Å². The van der Waals surface area contributed by atoms with Crippen molar-refractivity contribution in [1.82, 2.24) is 0 Å². The summed E-state index contributed by atoms with van der Waals surface area (Å²) in [6, 6.07) is 0. The van der Waals surface area contributed by atoms with Crippen LogP contribution in [0, 0.1) is 0 Å². The molecule has 320 valence electrons. The lowest BCUT2D eigenvalue weighted by Gasteiger charge is -2.20. The number of aliphatic hydroxyl groups excluding tert-OH is 2. The lowest BCUT2D eigenvalue weighted by Crippen LogP contribution is -2.30. The zero-order chi connectivity index (χ0) is 41.4. The summed E-state index contributed by atoms with van der Waals surface area (Å²) in [4.78, 5) is 47.1. The Hall–Kier alpha value is -2.92. The van der Waals surface area contributed by atoms with Gasteiger partial charge in [0.2, 0.25) is 0 Å². The SMILES string of the molecule is CCCCC/C=C\C/C=C\C/C=C\C=C\C(=O)CCCC(=O)O[C@H](COC(=O)CCCCCCC/C=C\C/C=C\CCCCC)COP(=O)(O)OC[C@@H](O)CO. The molecule has 0 aromatic rings. The predicted octanol–water partition coefficient (Wildman–Crippen LogP) is 10.1. The van der Waals surface area contributed by atoms with Crippen LogP contribution in [-0.4, -0.2) is 71.5 Å². The van der Waals surface area contributed by atoms with Crippen molar-refractivity contribution in [3.8, 4) is 0 Å². The number of phosphoric ester groups is 1. The highest BCUT2D eigenvalue weighted by Gasteiger charge is 2.27. The fraction of sp³-hybridized carbons (Fsp3) is 0.659. The van der Waals surface area contributed by atoms with Crippen LogP contribution in [0.25, 0.3) is 0 Å². The summed E-state index contributed by atoms with van der Waals surface area (Å²) < 4.78 is 32.4. The summed E-state index contributed by atoms with van der Waals surface area (Å²) in [5, 5.41) is 18.3. The first kappa shape index (κ1) is 53.1. The Balaban J connectivity index is 4.57. The molecule has 11 nitrogen and oxygen atoms in total. The van der Waals surface area contributed by atoms with E-state index in [0.29, 0.717) is 6.42 Å². The summed E-state index contributed by atoms with van der Waals surface area (Å²) in [5.41, 5.74) is 0. The van der Waals surface area contributed by atoms with E-state index in [1.54, 1.807) is 12.2 Å². The van der Waals surface area contributed by atoms with Gasteiger partial charge in [0.1, 0.15) is 12.7 Å². The molecule has 0 fully saturated rings. The number of phosphoric acid groups is 1. The molecule has 0 aromatic carbocycles. The fourth-order valence-electron chi connectivity index (χ4n) is 5.03. The number of hydrogen-bond acceptors (Lipinski definition) is 10. The molecular formula is C44H73O11P. The van der Waals surface area contributed by atoms with E-state index in [0.717, 1.165) is 64.2 Å². The largest absolute Gasteiger partial charge is 0.472 e. The number of unbranched alkanes of at least 4 members (excludes halogenated alkanes) is 11. The fourth-order valence-corrected chi connectivity index (χ4v) is 5.82. The Morgan fingerprint density at radius 2 is 1.11 bits per heavy atom. The topological polar surface area (TPSA) is 166 Å². The van der Waals surface area contributed by atoms with Gasteiger partial charge in [0.25, 0.3) is 0 Å². The van der Waals surface area contributed by atoms with Gasteiger partial charge in [0, 0.05) is 19.3 Å². The molecule has 3 N–H and O–H groups in total. The molecule has 0 aliphatic heterocycles. The maximum absolute atomic E-state index is 12.6. The van der Waals surface area contributed by atoms with E-state index >= 15 is 0 Å². The van der Waals surface area contributed by atoms with E-state index < -0.39 is 58.4 Å². The van der Waals surface area contributed by atoms with Gasteiger partial charge >= 0.3 is 19.8 Å². The highest BCUT2D eigenvalue weighted by atomic mass is 31.2. The number of rotatable bonds is 38. The van der Waals surface area contributed by atoms with Crippen LogP contribution in [0.15, 0.2) is 72.9 Å². The molecule has 0 saturated heterocycles. The average molecular weight is 809 g/mol. The molecule has 0 rings (SSSR count). The van der Waals surface area contributed by atoms with Gasteiger partial charge in [0.15, 0.2) is 11.9 Å². The highest BCUT2D eigenvalue weighted by Crippen LogP contribution is 2.43. The van der Waals surface area contributed by atoms with Crippen molar-refractivity contribution < 1.29 is 52.6 Å². The number of ketones is 1. The average Bonchev–Trinajstić information content (AvgIpc) is 3.18. The Labute approximate surface area is 337 Å². The van der Waals surface area contributed by atoms with E-state index in [9.17, 15) is 28.9 Å². The third kappa shape index (κ3) is 38.0. The number of aliphatic hydroxyl groups is 2. The van der Waals surface area contributed by atoms with Crippen LogP contribution in [0.4, 0.5) is 0 Å². The maximum atomic E-state index is 12.6. The maximum Gasteiger partial charge on any atom is 0.472 e. The summed E-state index contributed by atoms with van der Waals surface area (Å²) in [5.74, 6) is -1.36. The van der Waals surface area contributed by atoms with Gasteiger partial charge in [-0.25, -0.2) is 4.57 Å². The van der Waals surface area contributed by atoms with Crippen LogP contribution in [0.2, 0.25) is 0 Å². The van der Waals surface area contributed by atoms with Crippen LogP contribution >= 0.6 is 7.82 Å². The summed E-state index contributed by atoms with van der Waals surface area (Å²) in [6.07, 6.45) is 40.1. The number of carbonyl (C=O) groups is 3. The first-order valence-electron chi connectivity index (χ1n) is 20.8. The zero-order valence-corrected chi connectivity index (χ0v) is 35.2. The van der Waals surface area contributed by atoms with Gasteiger partial charge in [-0.15, -0.1) is 0 Å². The van der Waals surface area contributed by atoms with Gasteiger partial charge in [-0.2, -0.15) is 0 Å². The molecular weight excluding hydrogens is 735 g/mol. The normalized spacial score (nSPS) is 14.5. The Morgan fingerprint density at radius 1 is 0.589 bits per heavy atom. The molecule has 0 spiro atoms. The van der Waals surface area contributed by atoms with Crippen molar-refractivity contribution in [1.29, 1.82) is 0 Å². The second kappa shape index (κ2) is 38.9. The lowest BCUT2D eigenvalue weighted by molar-refractivity contribution is -0.161. The van der Waals surface area contributed by atoms with Crippen LogP contribution in [0.5, 0.6) is 0 Å². The second-order valence-corrected chi connectivity index (χ2v) is 15.1. The van der Waals surface area contributed by atoms with Crippen molar-refractivity contribution in [2.45, 2.75) is 161 Å². The molecule has 0 aliphatic carbocycles. The second-order valence-electron chi connectivity index (χ2n) is 13.7. The van der Waals surface area contributed by atoms with E-state index in [-0.39, 0.29) is 31.5 Å². The number of carbonyl (C=O) groups excluding carboxylic acids is 3. The van der Waals surface area contributed by atoms with Crippen LogP contribution in [0.1, 0.15) is 149 Å². The minimum absolute atomic E-state index is 0.111. The molecule has 0 heterocycles. The molecule has 3 atom stereocenters. The van der Waals surface area contributed by atoms with Gasteiger partial charge in [-0.1, -0.05) is 126 Å². The third-order valence-electron chi connectivity index (χ3n) is 8.31. The van der Waals surface area contributed by atoms with Crippen molar-refractivity contribution in [3.05, 3.63) is 72.9 Å². The monoisotopic (exact) mass is 808 g/mol. The van der Waals surface area contributed by atoms with Gasteiger partial charge < -0.3 is 24.6 Å². The number of allylic oxidation sites excluding steroid dienone is 12. The minimum Gasteiger partial charge on any atom is -0.462 e. The van der Waals surface area contributed by atoms with E-state index in [1.165, 1.54) is 44.6 Å². The Bertz CT molecular complexity index is 1220. The lowest BCUT2D eigenvalue weighted by atomic mass is 10.1. The molecule has 0 saturated carbocycles. The van der Waals surface area contributed by atoms with Crippen LogP contribution < -0.4 is 0 Å². The van der Waals surface area contributed by atoms with E-state index in [4.69, 9.17) is 19.1 Å². The van der Waals surface area contributed by atoms with E-state index in [2.05, 4.69) is 67.0 Å². The molecule has 0 aliphatic rings. The quantitative estimate of drug-likeness (QED) is 0.0136. The third-order valence-corrected chi connectivity index (χ3v) is 9.26. The van der Waals surface area contributed by atoms with E-state index in [1.807, 2.05) is 6.08 Å². The number of esters is 2. The highest BCUT2D eigenvalue weighted by molar-refractivity contribution is 7.47. The zero-order valence-electron chi connectivity index (χ0n) is 34.3. The molecule has 56 heavy (non-hydrogen) atoms. The van der Waals surface area contributed by atoms with Crippen molar-refractivity contribution in [2.24, 2.45) is 0 Å². The predicted molar refractivity (Wildman–Crippen MR) is 224 cm³/mol. The van der Waals surface area contributed by atoms with Crippen LogP contribution in [0.3, 0.4) is 0 Å². The molecule has 0 aromatic heterocycles. The molecule has 1 unspecified atom stereocenters. The molecule has 12 heteroatoms. The number of ether oxygens (including phenoxy) is 2. The van der Waals surface area contributed by atoms with Crippen LogP contribution in [-0.2, 0) is 37.5 Å². The molecule has 0 amide bonds. The summed E-state index contributed by atoms with van der Waals surface area (Å²) >= 11 is 0. The van der Waals surface area contributed by atoms with Gasteiger partial charge in [-0.05, 0) is 76.7 Å². The van der Waals surface area contributed by atoms with Crippen molar-refractivity contribution >= 4 is 25.5 Å². The smallest absolute Gasteiger partial charge is 0.462 e. The Kier molecular flexibility index (Phi) is 36.9. The molecule has 0 bridgehead atoms. The summed E-state index contributed by atoms with van der Waals surface area (Å²) in [7, 11) is -4.69. The minimum atomic E-state index is -4.69. The standard InChI is InChI=1S/C44H73O11P/c1-3-5-7-9-11-13-15-17-18-20-22-24-26-28-30-34-43(48)52-38-42(39-54-56(50,51)53-37-41(47)36-45)55-44(49)35-31-33-40(46)32-29-27-25-23-21-19-16-14-12-10-8-6-4-2/h11-14,17-19,21,25,27,29,32,41-42,45,47H,3-10,15-16,20,22-24,26,28,30-31,33-39H2,1-2H3,(H,50,51)/b13-11-,14-12-,18-17-,21-19-,27-25-,32-29+/t41-,42+/m0/s1. The van der Waals surface area contributed by atoms with Crippen molar-refractivity contribution in [2.75, 3.05) is 26.4 Å². The first-order valence-corrected chi connectivity index (χ1v) is 22.3. The first-order chi connectivity index (χ1) is 27.1. The molecule has 0 radical (unpaired) electrons.